The SMILES string of the molecule is CCOC(=O)Cc1cc(C#N)c(Br)c(CO)c1. The van der Waals surface area contributed by atoms with E-state index < -0.39 is 0 Å². The topological polar surface area (TPSA) is 70.3 Å². The van der Waals surface area contributed by atoms with Crippen molar-refractivity contribution in [2.24, 2.45) is 0 Å². The largest absolute Gasteiger partial charge is 0.466 e. The van der Waals surface area contributed by atoms with Crippen LogP contribution in [0.5, 0.6) is 0 Å². The van der Waals surface area contributed by atoms with Gasteiger partial charge < -0.3 is 9.84 Å². The Hall–Kier alpha value is -1.38. The molecule has 0 bridgehead atoms. The van der Waals surface area contributed by atoms with E-state index in [1.165, 1.54) is 0 Å². The van der Waals surface area contributed by atoms with Crippen LogP contribution in [0.25, 0.3) is 0 Å². The van der Waals surface area contributed by atoms with Gasteiger partial charge in [0.1, 0.15) is 6.07 Å². The van der Waals surface area contributed by atoms with Gasteiger partial charge in [0.05, 0.1) is 25.2 Å². The number of nitriles is 1. The van der Waals surface area contributed by atoms with Crippen LogP contribution in [0.3, 0.4) is 0 Å². The number of ether oxygens (including phenoxy) is 1. The molecule has 1 rings (SSSR count). The number of aliphatic hydroxyl groups excluding tert-OH is 1. The van der Waals surface area contributed by atoms with E-state index in [2.05, 4.69) is 15.9 Å². The Morgan fingerprint density at radius 2 is 2.29 bits per heavy atom. The van der Waals surface area contributed by atoms with Gasteiger partial charge in [-0.2, -0.15) is 5.26 Å². The highest BCUT2D eigenvalue weighted by Gasteiger charge is 2.11. The van der Waals surface area contributed by atoms with E-state index in [1.54, 1.807) is 19.1 Å². The lowest BCUT2D eigenvalue weighted by molar-refractivity contribution is -0.142. The van der Waals surface area contributed by atoms with Crippen LogP contribution >= 0.6 is 15.9 Å². The molecule has 1 aromatic rings. The average Bonchev–Trinajstić information content (AvgIpc) is 2.31. The molecular weight excluding hydrogens is 286 g/mol. The Labute approximate surface area is 108 Å². The summed E-state index contributed by atoms with van der Waals surface area (Å²) in [5.41, 5.74) is 1.64. The number of halogens is 1. The summed E-state index contributed by atoms with van der Waals surface area (Å²) < 4.78 is 5.39. The number of carbonyl (C=O) groups excluding carboxylic acids is 1. The predicted molar refractivity (Wildman–Crippen MR) is 65.1 cm³/mol. The van der Waals surface area contributed by atoms with E-state index in [4.69, 9.17) is 15.1 Å². The standard InChI is InChI=1S/C12H12BrNO3/c1-2-17-11(16)5-8-3-9(6-14)12(13)10(4-8)7-15/h3-4,15H,2,5,7H2,1H3. The van der Waals surface area contributed by atoms with Crippen molar-refractivity contribution in [1.82, 2.24) is 0 Å². The Kier molecular flexibility index (Phi) is 5.13. The highest BCUT2D eigenvalue weighted by atomic mass is 79.9. The molecule has 0 saturated carbocycles. The summed E-state index contributed by atoms with van der Waals surface area (Å²) in [6.07, 6.45) is 0.1000. The van der Waals surface area contributed by atoms with Crippen LogP contribution in [0.15, 0.2) is 16.6 Å². The second kappa shape index (κ2) is 6.38. The smallest absolute Gasteiger partial charge is 0.310 e. The molecular formula is C12H12BrNO3. The van der Waals surface area contributed by atoms with Crippen molar-refractivity contribution in [2.45, 2.75) is 20.0 Å². The molecule has 0 aliphatic rings. The number of hydrogen-bond acceptors (Lipinski definition) is 4. The minimum atomic E-state index is -0.345. The molecule has 17 heavy (non-hydrogen) atoms. The van der Waals surface area contributed by atoms with Crippen molar-refractivity contribution in [2.75, 3.05) is 6.61 Å². The molecule has 0 aromatic heterocycles. The third-order valence-electron chi connectivity index (χ3n) is 2.15. The van der Waals surface area contributed by atoms with E-state index in [0.29, 0.717) is 27.8 Å². The number of esters is 1. The molecule has 0 saturated heterocycles. The Morgan fingerprint density at radius 3 is 2.82 bits per heavy atom. The first kappa shape index (κ1) is 13.7. The van der Waals surface area contributed by atoms with E-state index in [1.807, 2.05) is 6.07 Å². The van der Waals surface area contributed by atoms with Gasteiger partial charge in [0.2, 0.25) is 0 Å². The maximum absolute atomic E-state index is 11.3. The molecule has 0 amide bonds. The summed E-state index contributed by atoms with van der Waals surface area (Å²) in [4.78, 5) is 11.3. The number of hydrogen-bond donors (Lipinski definition) is 1. The Bertz CT molecular complexity index is 466. The molecule has 5 heteroatoms. The number of rotatable bonds is 4. The van der Waals surface area contributed by atoms with Gasteiger partial charge in [-0.1, -0.05) is 6.07 Å². The van der Waals surface area contributed by atoms with Gasteiger partial charge in [0.25, 0.3) is 0 Å². The highest BCUT2D eigenvalue weighted by Crippen LogP contribution is 2.24. The van der Waals surface area contributed by atoms with Gasteiger partial charge in [0, 0.05) is 4.47 Å². The maximum Gasteiger partial charge on any atom is 0.310 e. The quantitative estimate of drug-likeness (QED) is 0.862. The van der Waals surface area contributed by atoms with Crippen molar-refractivity contribution in [1.29, 1.82) is 5.26 Å². The number of nitrogens with zero attached hydrogens (tertiary/aromatic N) is 1. The average molecular weight is 298 g/mol. The second-order valence-corrected chi connectivity index (χ2v) is 4.16. The van der Waals surface area contributed by atoms with Crippen LogP contribution < -0.4 is 0 Å². The molecule has 1 N–H and O–H groups in total. The fraction of sp³-hybridized carbons (Fsp3) is 0.333. The van der Waals surface area contributed by atoms with Crippen molar-refractivity contribution in [3.8, 4) is 6.07 Å². The summed E-state index contributed by atoms with van der Waals surface area (Å²) >= 11 is 3.23. The summed E-state index contributed by atoms with van der Waals surface area (Å²) in [5.74, 6) is -0.345. The van der Waals surface area contributed by atoms with Gasteiger partial charge in [-0.25, -0.2) is 0 Å². The first-order valence-corrected chi connectivity index (χ1v) is 5.89. The summed E-state index contributed by atoms with van der Waals surface area (Å²) in [6.45, 7) is 1.87. The molecule has 0 spiro atoms. The summed E-state index contributed by atoms with van der Waals surface area (Å²) in [5, 5.41) is 18.1. The van der Waals surface area contributed by atoms with Gasteiger partial charge in [-0.05, 0) is 40.0 Å². The lowest BCUT2D eigenvalue weighted by Crippen LogP contribution is -2.08. The Morgan fingerprint density at radius 1 is 1.59 bits per heavy atom. The molecule has 0 aliphatic heterocycles. The third-order valence-corrected chi connectivity index (χ3v) is 3.09. The maximum atomic E-state index is 11.3. The molecule has 0 radical (unpaired) electrons. The van der Waals surface area contributed by atoms with Crippen LogP contribution in [0.1, 0.15) is 23.6 Å². The van der Waals surface area contributed by atoms with E-state index in [9.17, 15) is 4.79 Å². The minimum Gasteiger partial charge on any atom is -0.466 e. The molecule has 90 valence electrons. The molecule has 0 heterocycles. The fourth-order valence-electron chi connectivity index (χ4n) is 1.43. The van der Waals surface area contributed by atoms with Gasteiger partial charge >= 0.3 is 5.97 Å². The van der Waals surface area contributed by atoms with Crippen LogP contribution in [0, 0.1) is 11.3 Å². The first-order valence-electron chi connectivity index (χ1n) is 5.10. The second-order valence-electron chi connectivity index (χ2n) is 3.37. The van der Waals surface area contributed by atoms with E-state index in [-0.39, 0.29) is 19.0 Å². The molecule has 0 aliphatic carbocycles. The number of aliphatic hydroxyl groups is 1. The van der Waals surface area contributed by atoms with Gasteiger partial charge in [-0.3, -0.25) is 4.79 Å². The lowest BCUT2D eigenvalue weighted by Gasteiger charge is -2.07. The molecule has 0 fully saturated rings. The predicted octanol–water partition coefficient (Wildman–Crippen LogP) is 1.92. The summed E-state index contributed by atoms with van der Waals surface area (Å²) in [6, 6.07) is 5.30. The van der Waals surface area contributed by atoms with E-state index >= 15 is 0 Å². The van der Waals surface area contributed by atoms with Gasteiger partial charge in [-0.15, -0.1) is 0 Å². The number of benzene rings is 1. The zero-order chi connectivity index (χ0) is 12.8. The van der Waals surface area contributed by atoms with Crippen LogP contribution in [-0.2, 0) is 22.6 Å². The number of carbonyl (C=O) groups is 1. The van der Waals surface area contributed by atoms with E-state index in [0.717, 1.165) is 0 Å². The zero-order valence-corrected chi connectivity index (χ0v) is 11.0. The highest BCUT2D eigenvalue weighted by molar-refractivity contribution is 9.10. The third kappa shape index (κ3) is 3.55. The fourth-order valence-corrected chi connectivity index (χ4v) is 1.87. The molecule has 1 aromatic carbocycles. The molecule has 0 atom stereocenters. The zero-order valence-electron chi connectivity index (χ0n) is 9.36. The van der Waals surface area contributed by atoms with Crippen LogP contribution in [0.2, 0.25) is 0 Å². The minimum absolute atomic E-state index is 0.1000. The van der Waals surface area contributed by atoms with Crippen molar-refractivity contribution < 1.29 is 14.6 Å². The summed E-state index contributed by atoms with van der Waals surface area (Å²) in [7, 11) is 0. The Balaban J connectivity index is 3.02. The first-order chi connectivity index (χ1) is 8.12. The lowest BCUT2D eigenvalue weighted by atomic mass is 10.0. The monoisotopic (exact) mass is 297 g/mol. The van der Waals surface area contributed by atoms with Crippen LogP contribution in [-0.4, -0.2) is 17.7 Å². The molecule has 0 unspecified atom stereocenters. The van der Waals surface area contributed by atoms with Gasteiger partial charge in [0.15, 0.2) is 0 Å². The van der Waals surface area contributed by atoms with Crippen molar-refractivity contribution >= 4 is 21.9 Å². The normalized spacial score (nSPS) is 9.76. The van der Waals surface area contributed by atoms with Crippen molar-refractivity contribution in [3.05, 3.63) is 33.3 Å². The molecule has 4 nitrogen and oxygen atoms in total. The van der Waals surface area contributed by atoms with Crippen molar-refractivity contribution in [3.63, 3.8) is 0 Å². The van der Waals surface area contributed by atoms with Crippen LogP contribution in [0.4, 0.5) is 0 Å².